The number of rotatable bonds is 7. The van der Waals surface area contributed by atoms with Crippen molar-refractivity contribution in [2.45, 2.75) is 38.1 Å². The zero-order chi connectivity index (χ0) is 21.1. The number of hydrogen-bond donors (Lipinski definition) is 2. The molecular formula is C19H22F3NO5. The third-order valence-electron chi connectivity index (χ3n) is 4.32. The van der Waals surface area contributed by atoms with E-state index in [1.807, 2.05) is 0 Å². The van der Waals surface area contributed by atoms with Crippen molar-refractivity contribution in [3.8, 4) is 11.5 Å². The van der Waals surface area contributed by atoms with Crippen molar-refractivity contribution in [3.05, 3.63) is 47.4 Å². The number of ether oxygens (including phenoxy) is 2. The van der Waals surface area contributed by atoms with Crippen LogP contribution in [-0.2, 0) is 10.4 Å². The first-order valence-corrected chi connectivity index (χ1v) is 8.39. The number of carbonyl (C=O) groups is 1. The first-order chi connectivity index (χ1) is 13.0. The van der Waals surface area contributed by atoms with Crippen LogP contribution in [0.5, 0.6) is 11.5 Å². The Morgan fingerprint density at radius 1 is 1.18 bits per heavy atom. The Kier molecular flexibility index (Phi) is 6.28. The Morgan fingerprint density at radius 2 is 1.82 bits per heavy atom. The highest BCUT2D eigenvalue weighted by Crippen LogP contribution is 2.42. The van der Waals surface area contributed by atoms with Crippen LogP contribution < -0.4 is 14.8 Å². The second-order valence-electron chi connectivity index (χ2n) is 6.35. The Hall–Kier alpha value is -2.68. The maximum atomic E-state index is 13.5. The molecule has 2 atom stereocenters. The molecule has 154 valence electrons. The van der Waals surface area contributed by atoms with E-state index in [1.165, 1.54) is 27.2 Å². The molecule has 0 aliphatic carbocycles. The smallest absolute Gasteiger partial charge is 0.425 e. The Bertz CT molecular complexity index is 833. The van der Waals surface area contributed by atoms with Crippen molar-refractivity contribution in [2.24, 2.45) is 0 Å². The molecule has 0 fully saturated rings. The van der Waals surface area contributed by atoms with Gasteiger partial charge < -0.3 is 24.3 Å². The molecule has 0 radical (unpaired) electrons. The van der Waals surface area contributed by atoms with Crippen LogP contribution in [0.1, 0.15) is 36.5 Å². The molecule has 2 unspecified atom stereocenters. The van der Waals surface area contributed by atoms with Crippen LogP contribution >= 0.6 is 0 Å². The van der Waals surface area contributed by atoms with Crippen LogP contribution in [0.2, 0.25) is 0 Å². The topological polar surface area (TPSA) is 80.9 Å². The van der Waals surface area contributed by atoms with Gasteiger partial charge in [-0.15, -0.1) is 0 Å². The van der Waals surface area contributed by atoms with Crippen LogP contribution in [0.3, 0.4) is 0 Å². The first kappa shape index (κ1) is 21.6. The van der Waals surface area contributed by atoms with Gasteiger partial charge in [0.2, 0.25) is 11.5 Å². The minimum absolute atomic E-state index is 0.191. The fourth-order valence-corrected chi connectivity index (χ4v) is 2.71. The molecule has 28 heavy (non-hydrogen) atoms. The third-order valence-corrected chi connectivity index (χ3v) is 4.32. The molecule has 0 aliphatic heterocycles. The summed E-state index contributed by atoms with van der Waals surface area (Å²) in [5, 5.41) is 12.7. The lowest BCUT2D eigenvalue weighted by molar-refractivity contribution is -0.273. The summed E-state index contributed by atoms with van der Waals surface area (Å²) in [4.78, 5) is 12.3. The quantitative estimate of drug-likeness (QED) is 0.741. The average Bonchev–Trinajstić information content (AvgIpc) is 3.06. The molecule has 2 rings (SSSR count). The van der Waals surface area contributed by atoms with Gasteiger partial charge in [0.05, 0.1) is 26.7 Å². The largest absolute Gasteiger partial charge is 0.493 e. The summed E-state index contributed by atoms with van der Waals surface area (Å²) in [6, 6.07) is 6.54. The Morgan fingerprint density at radius 3 is 2.32 bits per heavy atom. The molecule has 0 spiro atoms. The standard InChI is InChI=1S/C19H22F3NO5/c1-11-5-8-16(28-11)18(25,19(20,21)22)10-17(24)23-12(2)13-6-7-14(26-3)15(9-13)27-4/h5-9,12,25H,10H2,1-4H3,(H,23,24). The van der Waals surface area contributed by atoms with Crippen molar-refractivity contribution < 1.29 is 37.0 Å². The summed E-state index contributed by atoms with van der Waals surface area (Å²) in [6.07, 6.45) is -6.33. The van der Waals surface area contributed by atoms with Gasteiger partial charge in [-0.2, -0.15) is 13.2 Å². The summed E-state index contributed by atoms with van der Waals surface area (Å²) in [6.45, 7) is 3.04. The van der Waals surface area contributed by atoms with Crippen molar-refractivity contribution >= 4 is 5.91 Å². The van der Waals surface area contributed by atoms with Gasteiger partial charge in [0.1, 0.15) is 11.5 Å². The predicted molar refractivity (Wildman–Crippen MR) is 94.1 cm³/mol. The number of aliphatic hydroxyl groups is 1. The maximum absolute atomic E-state index is 13.5. The highest BCUT2D eigenvalue weighted by molar-refractivity contribution is 5.78. The van der Waals surface area contributed by atoms with Crippen LogP contribution in [0.4, 0.5) is 13.2 Å². The molecule has 0 saturated heterocycles. The summed E-state index contributed by atoms with van der Waals surface area (Å²) in [5.41, 5.74) is -2.83. The number of aryl methyl sites for hydroxylation is 1. The van der Waals surface area contributed by atoms with Gasteiger partial charge in [0, 0.05) is 0 Å². The van der Waals surface area contributed by atoms with E-state index in [0.29, 0.717) is 17.1 Å². The number of hydrogen-bond acceptors (Lipinski definition) is 5. The van der Waals surface area contributed by atoms with Crippen LogP contribution in [0.15, 0.2) is 34.7 Å². The Labute approximate surface area is 160 Å². The zero-order valence-electron chi connectivity index (χ0n) is 15.9. The summed E-state index contributed by atoms with van der Waals surface area (Å²) in [7, 11) is 2.91. The molecule has 9 heteroatoms. The van der Waals surface area contributed by atoms with E-state index >= 15 is 0 Å². The fraction of sp³-hybridized carbons (Fsp3) is 0.421. The molecule has 6 nitrogen and oxygen atoms in total. The zero-order valence-corrected chi connectivity index (χ0v) is 15.9. The SMILES string of the molecule is COc1ccc(C(C)NC(=O)CC(O)(c2ccc(C)o2)C(F)(F)F)cc1OC. The van der Waals surface area contributed by atoms with Gasteiger partial charge in [-0.25, -0.2) is 0 Å². The van der Waals surface area contributed by atoms with E-state index in [0.717, 1.165) is 6.07 Å². The highest BCUT2D eigenvalue weighted by Gasteiger charge is 2.58. The molecular weight excluding hydrogens is 379 g/mol. The lowest BCUT2D eigenvalue weighted by atomic mass is 9.95. The second kappa shape index (κ2) is 8.14. The van der Waals surface area contributed by atoms with Crippen LogP contribution in [0.25, 0.3) is 0 Å². The molecule has 0 aliphatic rings. The van der Waals surface area contributed by atoms with E-state index in [9.17, 15) is 23.1 Å². The average molecular weight is 401 g/mol. The monoisotopic (exact) mass is 401 g/mol. The van der Waals surface area contributed by atoms with Gasteiger partial charge in [0.25, 0.3) is 0 Å². The second-order valence-corrected chi connectivity index (χ2v) is 6.35. The Balaban J connectivity index is 2.19. The summed E-state index contributed by atoms with van der Waals surface area (Å²) < 4.78 is 55.7. The molecule has 0 saturated carbocycles. The van der Waals surface area contributed by atoms with Crippen molar-refractivity contribution in [2.75, 3.05) is 14.2 Å². The lowest BCUT2D eigenvalue weighted by Gasteiger charge is -2.28. The molecule has 0 bridgehead atoms. The molecule has 1 aromatic carbocycles. The van der Waals surface area contributed by atoms with Gasteiger partial charge >= 0.3 is 6.18 Å². The molecule has 1 aromatic heterocycles. The van der Waals surface area contributed by atoms with Crippen LogP contribution in [-0.4, -0.2) is 31.4 Å². The number of furan rings is 1. The number of benzene rings is 1. The van der Waals surface area contributed by atoms with E-state index in [2.05, 4.69) is 5.32 Å². The van der Waals surface area contributed by atoms with Gasteiger partial charge in [-0.05, 0) is 43.7 Å². The summed E-state index contributed by atoms with van der Waals surface area (Å²) >= 11 is 0. The van der Waals surface area contributed by atoms with Gasteiger partial charge in [0.15, 0.2) is 11.5 Å². The lowest BCUT2D eigenvalue weighted by Crippen LogP contribution is -2.46. The molecule has 1 amide bonds. The van der Waals surface area contributed by atoms with E-state index in [4.69, 9.17) is 13.9 Å². The van der Waals surface area contributed by atoms with Crippen molar-refractivity contribution in [1.29, 1.82) is 0 Å². The summed E-state index contributed by atoms with van der Waals surface area (Å²) in [5.74, 6) is -0.636. The predicted octanol–water partition coefficient (Wildman–Crippen LogP) is 3.62. The molecule has 2 N–H and O–H groups in total. The minimum Gasteiger partial charge on any atom is -0.493 e. The maximum Gasteiger partial charge on any atom is 0.425 e. The fourth-order valence-electron chi connectivity index (χ4n) is 2.71. The molecule has 1 heterocycles. The van der Waals surface area contributed by atoms with E-state index in [1.54, 1.807) is 25.1 Å². The van der Waals surface area contributed by atoms with E-state index in [-0.39, 0.29) is 5.76 Å². The number of carbonyl (C=O) groups excluding carboxylic acids is 1. The first-order valence-electron chi connectivity index (χ1n) is 8.39. The van der Waals surface area contributed by atoms with E-state index < -0.39 is 35.9 Å². The third kappa shape index (κ3) is 4.41. The number of methoxy groups -OCH3 is 2. The normalized spacial score (nSPS) is 14.9. The van der Waals surface area contributed by atoms with Crippen LogP contribution in [0, 0.1) is 6.92 Å². The number of alkyl halides is 3. The van der Waals surface area contributed by atoms with Gasteiger partial charge in [-0.3, -0.25) is 4.79 Å². The van der Waals surface area contributed by atoms with Gasteiger partial charge in [-0.1, -0.05) is 6.07 Å². The van der Waals surface area contributed by atoms with Crippen molar-refractivity contribution in [3.63, 3.8) is 0 Å². The molecule has 2 aromatic rings. The number of nitrogens with one attached hydrogen (secondary N) is 1. The number of amides is 1. The van der Waals surface area contributed by atoms with Crippen molar-refractivity contribution in [1.82, 2.24) is 5.32 Å². The number of halogens is 3. The minimum atomic E-state index is -5.10. The highest BCUT2D eigenvalue weighted by atomic mass is 19.4.